The molecule has 0 aliphatic carbocycles. The summed E-state index contributed by atoms with van der Waals surface area (Å²) < 4.78 is 10.6. The zero-order chi connectivity index (χ0) is 11.1. The first-order chi connectivity index (χ1) is 6.96. The summed E-state index contributed by atoms with van der Waals surface area (Å²) in [5.41, 5.74) is -0.398. The zero-order valence-corrected chi connectivity index (χ0v) is 9.66. The fraction of sp³-hybridized carbons (Fsp3) is 0.909. The van der Waals surface area contributed by atoms with E-state index in [2.05, 4.69) is 0 Å². The summed E-state index contributed by atoms with van der Waals surface area (Å²) in [5.74, 6) is 0.525. The van der Waals surface area contributed by atoms with Crippen LogP contribution in [0, 0.1) is 5.92 Å². The second kappa shape index (κ2) is 3.67. The third kappa shape index (κ3) is 2.84. The molecule has 0 spiro atoms. The normalized spacial score (nSPS) is 30.5. The van der Waals surface area contributed by atoms with Crippen molar-refractivity contribution in [3.05, 3.63) is 0 Å². The van der Waals surface area contributed by atoms with Crippen molar-refractivity contribution in [2.45, 2.75) is 38.9 Å². The fourth-order valence-electron chi connectivity index (χ4n) is 1.91. The van der Waals surface area contributed by atoms with Crippen molar-refractivity contribution in [1.82, 2.24) is 4.90 Å². The molecule has 0 aromatic carbocycles. The van der Waals surface area contributed by atoms with E-state index in [0.29, 0.717) is 12.0 Å². The molecule has 2 saturated heterocycles. The maximum absolute atomic E-state index is 11.7. The summed E-state index contributed by atoms with van der Waals surface area (Å²) in [4.78, 5) is 13.5. The Labute approximate surface area is 90.5 Å². The van der Waals surface area contributed by atoms with Crippen molar-refractivity contribution < 1.29 is 14.3 Å². The maximum atomic E-state index is 11.7. The molecular weight excluding hydrogens is 194 g/mol. The van der Waals surface area contributed by atoms with Gasteiger partial charge in [0.15, 0.2) is 0 Å². The van der Waals surface area contributed by atoms with Gasteiger partial charge in [0.25, 0.3) is 0 Å². The zero-order valence-electron chi connectivity index (χ0n) is 9.66. The molecule has 15 heavy (non-hydrogen) atoms. The van der Waals surface area contributed by atoms with Gasteiger partial charge in [-0.05, 0) is 27.2 Å². The minimum absolute atomic E-state index is 0.189. The van der Waals surface area contributed by atoms with Crippen LogP contribution in [0.4, 0.5) is 4.79 Å². The molecule has 4 nitrogen and oxygen atoms in total. The predicted molar refractivity (Wildman–Crippen MR) is 55.7 cm³/mol. The number of epoxide rings is 1. The average molecular weight is 213 g/mol. The lowest BCUT2D eigenvalue weighted by molar-refractivity contribution is 0.0286. The SMILES string of the molecule is CC(C)(C)OC(=O)N1CCC(C2CO2)C1. The second-order valence-corrected chi connectivity index (χ2v) is 5.35. The Kier molecular flexibility index (Phi) is 2.63. The summed E-state index contributed by atoms with van der Waals surface area (Å²) in [5, 5.41) is 0. The predicted octanol–water partition coefficient (Wildman–Crippen LogP) is 1.64. The van der Waals surface area contributed by atoms with Crippen LogP contribution in [0.15, 0.2) is 0 Å². The third-order valence-electron chi connectivity index (χ3n) is 2.76. The minimum Gasteiger partial charge on any atom is -0.444 e. The highest BCUT2D eigenvalue weighted by atomic mass is 16.6. The molecule has 0 radical (unpaired) electrons. The number of hydrogen-bond acceptors (Lipinski definition) is 3. The van der Waals surface area contributed by atoms with Gasteiger partial charge in [0, 0.05) is 19.0 Å². The monoisotopic (exact) mass is 213 g/mol. The van der Waals surface area contributed by atoms with Crippen LogP contribution in [-0.2, 0) is 9.47 Å². The van der Waals surface area contributed by atoms with Crippen molar-refractivity contribution in [2.75, 3.05) is 19.7 Å². The number of likely N-dealkylation sites (tertiary alicyclic amines) is 1. The number of ether oxygens (including phenoxy) is 2. The summed E-state index contributed by atoms with van der Waals surface area (Å²) in [6.07, 6.45) is 1.26. The van der Waals surface area contributed by atoms with Gasteiger partial charge in [-0.2, -0.15) is 0 Å². The van der Waals surface area contributed by atoms with E-state index >= 15 is 0 Å². The van der Waals surface area contributed by atoms with Gasteiger partial charge < -0.3 is 14.4 Å². The molecule has 0 saturated carbocycles. The maximum Gasteiger partial charge on any atom is 0.410 e. The van der Waals surface area contributed by atoms with Gasteiger partial charge >= 0.3 is 6.09 Å². The van der Waals surface area contributed by atoms with Crippen molar-refractivity contribution in [1.29, 1.82) is 0 Å². The highest BCUT2D eigenvalue weighted by molar-refractivity contribution is 5.68. The average Bonchev–Trinajstić information content (AvgIpc) is 2.81. The topological polar surface area (TPSA) is 42.1 Å². The van der Waals surface area contributed by atoms with Crippen molar-refractivity contribution >= 4 is 6.09 Å². The van der Waals surface area contributed by atoms with Gasteiger partial charge in [-0.15, -0.1) is 0 Å². The van der Waals surface area contributed by atoms with Gasteiger partial charge in [0.1, 0.15) is 5.60 Å². The number of nitrogens with zero attached hydrogens (tertiary/aromatic N) is 1. The van der Waals surface area contributed by atoms with E-state index in [0.717, 1.165) is 26.1 Å². The van der Waals surface area contributed by atoms with Crippen molar-refractivity contribution in [2.24, 2.45) is 5.92 Å². The van der Waals surface area contributed by atoms with Crippen LogP contribution >= 0.6 is 0 Å². The van der Waals surface area contributed by atoms with Crippen LogP contribution in [0.1, 0.15) is 27.2 Å². The molecule has 2 fully saturated rings. The van der Waals surface area contributed by atoms with Crippen LogP contribution < -0.4 is 0 Å². The standard InChI is InChI=1S/C11H19NO3/c1-11(2,3)15-10(13)12-5-4-8(6-12)9-7-14-9/h8-9H,4-7H2,1-3H3. The molecule has 2 unspecified atom stereocenters. The first kappa shape index (κ1) is 10.7. The fourth-order valence-corrected chi connectivity index (χ4v) is 1.91. The molecule has 2 atom stereocenters. The quantitative estimate of drug-likeness (QED) is 0.622. The summed E-state index contributed by atoms with van der Waals surface area (Å²) >= 11 is 0. The van der Waals surface area contributed by atoms with E-state index in [9.17, 15) is 4.79 Å². The van der Waals surface area contributed by atoms with Gasteiger partial charge in [0.05, 0.1) is 12.7 Å². The molecular formula is C11H19NO3. The Morgan fingerprint density at radius 3 is 2.67 bits per heavy atom. The summed E-state index contributed by atoms with van der Waals surface area (Å²) in [6.45, 7) is 8.14. The first-order valence-electron chi connectivity index (χ1n) is 5.55. The third-order valence-corrected chi connectivity index (χ3v) is 2.76. The molecule has 2 heterocycles. The summed E-state index contributed by atoms with van der Waals surface area (Å²) in [7, 11) is 0. The molecule has 0 aromatic rings. The largest absolute Gasteiger partial charge is 0.444 e. The molecule has 2 rings (SSSR count). The van der Waals surface area contributed by atoms with E-state index in [-0.39, 0.29) is 6.09 Å². The lowest BCUT2D eigenvalue weighted by Crippen LogP contribution is -2.35. The van der Waals surface area contributed by atoms with Crippen LogP contribution in [0.5, 0.6) is 0 Å². The molecule has 0 bridgehead atoms. The molecule has 0 aromatic heterocycles. The number of carbonyl (C=O) groups excluding carboxylic acids is 1. The van der Waals surface area contributed by atoms with E-state index in [1.165, 1.54) is 0 Å². The van der Waals surface area contributed by atoms with E-state index in [4.69, 9.17) is 9.47 Å². The molecule has 0 N–H and O–H groups in total. The van der Waals surface area contributed by atoms with Gasteiger partial charge in [-0.3, -0.25) is 0 Å². The van der Waals surface area contributed by atoms with Gasteiger partial charge in [-0.25, -0.2) is 4.79 Å². The lowest BCUT2D eigenvalue weighted by Gasteiger charge is -2.24. The minimum atomic E-state index is -0.398. The van der Waals surface area contributed by atoms with Crippen molar-refractivity contribution in [3.63, 3.8) is 0 Å². The van der Waals surface area contributed by atoms with Crippen LogP contribution in [0.25, 0.3) is 0 Å². The lowest BCUT2D eigenvalue weighted by atomic mass is 10.1. The molecule has 2 aliphatic rings. The van der Waals surface area contributed by atoms with E-state index in [1.807, 2.05) is 20.8 Å². The molecule has 4 heteroatoms. The smallest absolute Gasteiger partial charge is 0.410 e. The Morgan fingerprint density at radius 1 is 1.47 bits per heavy atom. The molecule has 86 valence electrons. The highest BCUT2D eigenvalue weighted by Gasteiger charge is 2.39. The summed E-state index contributed by atoms with van der Waals surface area (Å²) in [6, 6.07) is 0. The van der Waals surface area contributed by atoms with Crippen molar-refractivity contribution in [3.8, 4) is 0 Å². The molecule has 1 amide bonds. The Bertz CT molecular complexity index is 255. The number of carbonyl (C=O) groups is 1. The van der Waals surface area contributed by atoms with E-state index < -0.39 is 5.60 Å². The first-order valence-corrected chi connectivity index (χ1v) is 5.55. The number of hydrogen-bond donors (Lipinski definition) is 0. The second-order valence-electron chi connectivity index (χ2n) is 5.35. The van der Waals surface area contributed by atoms with Crippen LogP contribution in [-0.4, -0.2) is 42.4 Å². The Morgan fingerprint density at radius 2 is 2.13 bits per heavy atom. The Hall–Kier alpha value is -0.770. The Balaban J connectivity index is 1.82. The van der Waals surface area contributed by atoms with E-state index in [1.54, 1.807) is 4.90 Å². The van der Waals surface area contributed by atoms with Gasteiger partial charge in [0.2, 0.25) is 0 Å². The number of rotatable bonds is 1. The van der Waals surface area contributed by atoms with Crippen LogP contribution in [0.3, 0.4) is 0 Å². The number of amides is 1. The highest BCUT2D eigenvalue weighted by Crippen LogP contribution is 2.29. The van der Waals surface area contributed by atoms with Crippen LogP contribution in [0.2, 0.25) is 0 Å². The van der Waals surface area contributed by atoms with Gasteiger partial charge in [-0.1, -0.05) is 0 Å². The molecule has 2 aliphatic heterocycles.